The van der Waals surface area contributed by atoms with Crippen LogP contribution in [0.15, 0.2) is 49.2 Å². The zero-order valence-corrected chi connectivity index (χ0v) is 16.3. The summed E-state index contributed by atoms with van der Waals surface area (Å²) in [7, 11) is 0. The van der Waals surface area contributed by atoms with E-state index in [0.29, 0.717) is 5.82 Å². The summed E-state index contributed by atoms with van der Waals surface area (Å²) in [6, 6.07) is 6.19. The maximum atomic E-state index is 4.66. The van der Waals surface area contributed by atoms with Crippen LogP contribution in [0.3, 0.4) is 0 Å². The molecule has 1 aliphatic heterocycles. The lowest BCUT2D eigenvalue weighted by atomic mass is 10.1. The van der Waals surface area contributed by atoms with E-state index in [9.17, 15) is 0 Å². The molecule has 6 heterocycles. The number of hydrogen-bond acceptors (Lipinski definition) is 6. The molecule has 0 spiro atoms. The van der Waals surface area contributed by atoms with Crippen molar-refractivity contribution < 1.29 is 0 Å². The molecule has 0 aliphatic carbocycles. The number of pyridine rings is 3. The van der Waals surface area contributed by atoms with Gasteiger partial charge in [-0.25, -0.2) is 9.97 Å². The number of rotatable bonds is 4. The van der Waals surface area contributed by atoms with Gasteiger partial charge in [-0.05, 0) is 49.7 Å². The molecule has 2 N–H and O–H groups in total. The summed E-state index contributed by atoms with van der Waals surface area (Å²) in [6.45, 7) is 3.28. The molecule has 30 heavy (non-hydrogen) atoms. The Labute approximate surface area is 172 Å². The van der Waals surface area contributed by atoms with Crippen molar-refractivity contribution in [3.8, 4) is 22.6 Å². The minimum Gasteiger partial charge on any atom is -0.335 e. The Morgan fingerprint density at radius 3 is 2.77 bits per heavy atom. The predicted octanol–water partition coefficient (Wildman–Crippen LogP) is 3.55. The first kappa shape index (κ1) is 17.2. The molecule has 8 heteroatoms. The van der Waals surface area contributed by atoms with Crippen LogP contribution in [0.2, 0.25) is 0 Å². The van der Waals surface area contributed by atoms with Crippen molar-refractivity contribution in [2.45, 2.75) is 19.4 Å². The largest absolute Gasteiger partial charge is 0.335 e. The molecule has 1 saturated heterocycles. The molecule has 5 aromatic rings. The third-order valence-corrected chi connectivity index (χ3v) is 5.66. The molecular weight excluding hydrogens is 376 g/mol. The predicted molar refractivity (Wildman–Crippen MR) is 115 cm³/mol. The molecule has 0 atom stereocenters. The second-order valence-electron chi connectivity index (χ2n) is 7.74. The van der Waals surface area contributed by atoms with Gasteiger partial charge in [0, 0.05) is 42.5 Å². The smallest absolute Gasteiger partial charge is 0.159 e. The summed E-state index contributed by atoms with van der Waals surface area (Å²) < 4.78 is 0. The Bertz CT molecular complexity index is 1310. The van der Waals surface area contributed by atoms with E-state index in [2.05, 4.69) is 52.1 Å². The summed E-state index contributed by atoms with van der Waals surface area (Å²) in [5.41, 5.74) is 6.52. The van der Waals surface area contributed by atoms with Crippen molar-refractivity contribution in [2.75, 3.05) is 13.1 Å². The highest BCUT2D eigenvalue weighted by Crippen LogP contribution is 2.29. The van der Waals surface area contributed by atoms with E-state index in [1.165, 1.54) is 31.5 Å². The normalized spacial score (nSPS) is 14.8. The molecule has 1 aliphatic rings. The lowest BCUT2D eigenvalue weighted by Gasteiger charge is -2.14. The molecule has 148 valence electrons. The lowest BCUT2D eigenvalue weighted by molar-refractivity contribution is 0.331. The number of aromatic amines is 2. The van der Waals surface area contributed by atoms with Crippen molar-refractivity contribution in [2.24, 2.45) is 0 Å². The highest BCUT2D eigenvalue weighted by molar-refractivity contribution is 5.93. The average molecular weight is 396 g/mol. The van der Waals surface area contributed by atoms with Crippen LogP contribution in [-0.4, -0.2) is 53.1 Å². The van der Waals surface area contributed by atoms with Crippen LogP contribution in [0.25, 0.3) is 44.7 Å². The molecule has 0 amide bonds. The van der Waals surface area contributed by atoms with Crippen LogP contribution < -0.4 is 0 Å². The quantitative estimate of drug-likeness (QED) is 0.482. The highest BCUT2D eigenvalue weighted by atomic mass is 15.2. The van der Waals surface area contributed by atoms with E-state index < -0.39 is 0 Å². The van der Waals surface area contributed by atoms with Crippen molar-refractivity contribution in [3.63, 3.8) is 0 Å². The third kappa shape index (κ3) is 3.02. The fourth-order valence-corrected chi connectivity index (χ4v) is 4.14. The molecule has 0 radical (unpaired) electrons. The number of nitrogens with one attached hydrogen (secondary N) is 2. The summed E-state index contributed by atoms with van der Waals surface area (Å²) >= 11 is 0. The topological polar surface area (TPSA) is 99.3 Å². The Hall–Kier alpha value is -3.65. The molecule has 0 unspecified atom stereocenters. The third-order valence-electron chi connectivity index (χ3n) is 5.66. The van der Waals surface area contributed by atoms with Crippen LogP contribution in [-0.2, 0) is 6.54 Å². The summed E-state index contributed by atoms with van der Waals surface area (Å²) in [6.07, 6.45) is 11.8. The molecule has 0 bridgehead atoms. The Balaban J connectivity index is 1.39. The fourth-order valence-electron chi connectivity index (χ4n) is 4.14. The monoisotopic (exact) mass is 396 g/mol. The van der Waals surface area contributed by atoms with Crippen LogP contribution in [0, 0.1) is 0 Å². The fraction of sp³-hybridized carbons (Fsp3) is 0.227. The molecule has 6 rings (SSSR count). The van der Waals surface area contributed by atoms with Crippen molar-refractivity contribution in [1.82, 2.24) is 40.0 Å². The van der Waals surface area contributed by atoms with Crippen LogP contribution in [0.4, 0.5) is 0 Å². The van der Waals surface area contributed by atoms with Crippen molar-refractivity contribution in [3.05, 3.63) is 54.7 Å². The van der Waals surface area contributed by atoms with Crippen molar-refractivity contribution in [1.29, 1.82) is 0 Å². The standard InChI is InChI=1S/C22H20N8/c1-2-6-30(5-1)13-14-7-15(10-24-9-14)16-8-17-20(28-29-21(17)25-11-16)22-26-18-3-4-23-12-19(18)27-22/h3-4,7-12H,1-2,5-6,13H2,(H,26,27)(H,25,28,29). The molecular formula is C22H20N8. The highest BCUT2D eigenvalue weighted by Gasteiger charge is 2.15. The van der Waals surface area contributed by atoms with Gasteiger partial charge in [-0.1, -0.05) is 0 Å². The van der Waals surface area contributed by atoms with Gasteiger partial charge in [0.05, 0.1) is 22.6 Å². The van der Waals surface area contributed by atoms with Gasteiger partial charge in [-0.15, -0.1) is 0 Å². The zero-order chi connectivity index (χ0) is 19.9. The summed E-state index contributed by atoms with van der Waals surface area (Å²) in [4.78, 5) is 23.6. The second kappa shape index (κ2) is 7.00. The number of H-pyrrole nitrogens is 2. The average Bonchev–Trinajstić information content (AvgIpc) is 3.52. The maximum Gasteiger partial charge on any atom is 0.159 e. The number of imidazole rings is 1. The van der Waals surface area contributed by atoms with Gasteiger partial charge in [-0.3, -0.25) is 20.0 Å². The Kier molecular flexibility index (Phi) is 4.02. The molecule has 5 aromatic heterocycles. The molecule has 1 fully saturated rings. The van der Waals surface area contributed by atoms with Crippen LogP contribution in [0.5, 0.6) is 0 Å². The Morgan fingerprint density at radius 2 is 1.87 bits per heavy atom. The van der Waals surface area contributed by atoms with Crippen LogP contribution >= 0.6 is 0 Å². The summed E-state index contributed by atoms with van der Waals surface area (Å²) in [5, 5.41) is 8.39. The number of nitrogens with zero attached hydrogens (tertiary/aromatic N) is 6. The first-order valence-corrected chi connectivity index (χ1v) is 10.1. The number of fused-ring (bicyclic) bond motifs is 2. The van der Waals surface area contributed by atoms with E-state index in [1.807, 2.05) is 24.7 Å². The minimum absolute atomic E-state index is 0.698. The second-order valence-corrected chi connectivity index (χ2v) is 7.74. The van der Waals surface area contributed by atoms with Gasteiger partial charge in [0.15, 0.2) is 11.5 Å². The minimum atomic E-state index is 0.698. The van der Waals surface area contributed by atoms with Gasteiger partial charge < -0.3 is 4.98 Å². The number of likely N-dealkylation sites (tertiary alicyclic amines) is 1. The van der Waals surface area contributed by atoms with E-state index in [4.69, 9.17) is 0 Å². The SMILES string of the molecule is c1cc2nc(-c3n[nH]c4ncc(-c5cncc(CN6CCCC6)c5)cc34)[nH]c2cn1. The van der Waals surface area contributed by atoms with Gasteiger partial charge in [0.2, 0.25) is 0 Å². The molecule has 0 aromatic carbocycles. The first-order chi connectivity index (χ1) is 14.8. The first-order valence-electron chi connectivity index (χ1n) is 10.1. The Morgan fingerprint density at radius 1 is 0.967 bits per heavy atom. The zero-order valence-electron chi connectivity index (χ0n) is 16.3. The van der Waals surface area contributed by atoms with E-state index >= 15 is 0 Å². The van der Waals surface area contributed by atoms with Gasteiger partial charge >= 0.3 is 0 Å². The summed E-state index contributed by atoms with van der Waals surface area (Å²) in [5.74, 6) is 0.698. The van der Waals surface area contributed by atoms with Crippen molar-refractivity contribution >= 4 is 22.1 Å². The van der Waals surface area contributed by atoms with Gasteiger partial charge in [0.25, 0.3) is 0 Å². The number of aromatic nitrogens is 7. The lowest BCUT2D eigenvalue weighted by Crippen LogP contribution is -2.18. The van der Waals surface area contributed by atoms with E-state index in [-0.39, 0.29) is 0 Å². The number of hydrogen-bond donors (Lipinski definition) is 2. The molecule has 8 nitrogen and oxygen atoms in total. The van der Waals surface area contributed by atoms with Crippen LogP contribution in [0.1, 0.15) is 18.4 Å². The van der Waals surface area contributed by atoms with E-state index in [1.54, 1.807) is 12.4 Å². The molecule has 0 saturated carbocycles. The van der Waals surface area contributed by atoms with E-state index in [0.717, 1.165) is 45.4 Å². The van der Waals surface area contributed by atoms with Gasteiger partial charge in [-0.2, -0.15) is 5.10 Å². The maximum absolute atomic E-state index is 4.66. The van der Waals surface area contributed by atoms with Gasteiger partial charge in [0.1, 0.15) is 5.69 Å².